The molecular weight excluding hydrogens is 496 g/mol. The second-order valence-electron chi connectivity index (χ2n) is 11.9. The quantitative estimate of drug-likeness (QED) is 0.188. The van der Waals surface area contributed by atoms with Gasteiger partial charge in [0.2, 0.25) is 0 Å². The van der Waals surface area contributed by atoms with E-state index >= 15 is 0 Å². The molecule has 0 aromatic carbocycles. The first-order valence-electron chi connectivity index (χ1n) is 14.6. The van der Waals surface area contributed by atoms with E-state index in [9.17, 15) is 25.2 Å². The minimum atomic E-state index is -0.794. The van der Waals surface area contributed by atoms with Crippen LogP contribution in [0.1, 0.15) is 80.6 Å². The van der Waals surface area contributed by atoms with E-state index in [1.165, 1.54) is 0 Å². The van der Waals surface area contributed by atoms with Crippen molar-refractivity contribution in [2.45, 2.75) is 123 Å². The summed E-state index contributed by atoms with van der Waals surface area (Å²) in [6, 6.07) is 0. The van der Waals surface area contributed by atoms with Crippen molar-refractivity contribution in [3.8, 4) is 0 Å². The molecule has 39 heavy (non-hydrogen) atoms. The molecule has 2 aliphatic rings. The van der Waals surface area contributed by atoms with E-state index in [-0.39, 0.29) is 48.0 Å². The predicted octanol–water partition coefficient (Wildman–Crippen LogP) is 4.64. The van der Waals surface area contributed by atoms with Crippen LogP contribution in [-0.2, 0) is 14.3 Å². The minimum absolute atomic E-state index is 0.0555. The van der Waals surface area contributed by atoms with Gasteiger partial charge in [-0.3, -0.25) is 0 Å². The molecule has 0 amide bonds. The Hall–Kier alpha value is -1.77. The number of carbonyl (C=O) groups excluding carboxylic acids is 1. The Labute approximate surface area is 235 Å². The van der Waals surface area contributed by atoms with Crippen LogP contribution < -0.4 is 0 Å². The smallest absolute Gasteiger partial charge is 0.334 e. The van der Waals surface area contributed by atoms with E-state index in [0.717, 1.165) is 18.4 Å². The molecule has 7 heteroatoms. The van der Waals surface area contributed by atoms with E-state index in [2.05, 4.69) is 19.1 Å². The third-order valence-electron chi connectivity index (χ3n) is 8.33. The monoisotopic (exact) mass is 548 g/mol. The van der Waals surface area contributed by atoms with Crippen molar-refractivity contribution in [3.05, 3.63) is 47.6 Å². The fraction of sp³-hybridized carbons (Fsp3) is 0.719. The third kappa shape index (κ3) is 10.6. The van der Waals surface area contributed by atoms with Crippen molar-refractivity contribution < 1.29 is 34.7 Å². The molecule has 222 valence electrons. The number of cyclic esters (lactones) is 1. The third-order valence-corrected chi connectivity index (χ3v) is 8.33. The number of rotatable bonds is 9. The van der Waals surface area contributed by atoms with Crippen molar-refractivity contribution in [1.82, 2.24) is 0 Å². The van der Waals surface area contributed by atoms with Crippen molar-refractivity contribution in [2.24, 2.45) is 23.7 Å². The van der Waals surface area contributed by atoms with E-state index in [1.807, 2.05) is 32.1 Å². The Balaban J connectivity index is 2.03. The summed E-state index contributed by atoms with van der Waals surface area (Å²) in [6.45, 7) is 12.9. The molecule has 1 fully saturated rings. The van der Waals surface area contributed by atoms with Gasteiger partial charge in [0, 0.05) is 29.7 Å². The van der Waals surface area contributed by atoms with Gasteiger partial charge in [-0.15, -0.1) is 0 Å². The molecule has 1 saturated heterocycles. The zero-order valence-corrected chi connectivity index (χ0v) is 24.9. The van der Waals surface area contributed by atoms with Gasteiger partial charge < -0.3 is 29.9 Å². The first kappa shape index (κ1) is 33.4. The van der Waals surface area contributed by atoms with Gasteiger partial charge in [0.25, 0.3) is 0 Å². The highest BCUT2D eigenvalue weighted by Gasteiger charge is 2.45. The molecule has 4 N–H and O–H groups in total. The highest BCUT2D eigenvalue weighted by molar-refractivity contribution is 5.88. The Morgan fingerprint density at radius 2 is 1.69 bits per heavy atom. The number of esters is 1. The molecule has 0 radical (unpaired) electrons. The maximum absolute atomic E-state index is 12.9. The van der Waals surface area contributed by atoms with Gasteiger partial charge in [-0.1, -0.05) is 63.6 Å². The SMILES string of the molecule is CC1=C[C@@H](C)[C@H](O)[C@@H]2O[C@H]2CC/C=C/C[C@@H]([C@@H](C)C/C=C/C[C@H](O)[C@@H](C)[C@@H](O)[C@H](C)[C@H](C)O)OC(=O)C(C)=C1. The lowest BCUT2D eigenvalue weighted by atomic mass is 9.85. The van der Waals surface area contributed by atoms with Crippen LogP contribution in [0.4, 0.5) is 0 Å². The fourth-order valence-electron chi connectivity index (χ4n) is 5.09. The molecule has 0 saturated carbocycles. The van der Waals surface area contributed by atoms with Crippen LogP contribution in [0, 0.1) is 23.7 Å². The summed E-state index contributed by atoms with van der Waals surface area (Å²) >= 11 is 0. The fourth-order valence-corrected chi connectivity index (χ4v) is 5.09. The molecule has 7 nitrogen and oxygen atoms in total. The van der Waals surface area contributed by atoms with Crippen LogP contribution in [0.2, 0.25) is 0 Å². The predicted molar refractivity (Wildman–Crippen MR) is 154 cm³/mol. The van der Waals surface area contributed by atoms with Crippen molar-refractivity contribution in [1.29, 1.82) is 0 Å². The Kier molecular flexibility index (Phi) is 13.6. The normalized spacial score (nSPS) is 32.6. The van der Waals surface area contributed by atoms with Crippen LogP contribution in [0.5, 0.6) is 0 Å². The summed E-state index contributed by atoms with van der Waals surface area (Å²) in [5, 5.41) is 41.3. The van der Waals surface area contributed by atoms with E-state index in [0.29, 0.717) is 24.8 Å². The highest BCUT2D eigenvalue weighted by atomic mass is 16.6. The summed E-state index contributed by atoms with van der Waals surface area (Å²) in [5.41, 5.74) is 1.41. The van der Waals surface area contributed by atoms with Crippen molar-refractivity contribution in [2.75, 3.05) is 0 Å². The topological polar surface area (TPSA) is 120 Å². The molecule has 11 atom stereocenters. The average Bonchev–Trinajstić information content (AvgIpc) is 3.66. The second-order valence-corrected chi connectivity index (χ2v) is 11.9. The number of fused-ring (bicyclic) bond motifs is 1. The van der Waals surface area contributed by atoms with Crippen molar-refractivity contribution >= 4 is 5.97 Å². The number of carbonyl (C=O) groups is 1. The molecule has 2 aliphatic heterocycles. The summed E-state index contributed by atoms with van der Waals surface area (Å²) < 4.78 is 11.7. The van der Waals surface area contributed by atoms with Gasteiger partial charge in [-0.25, -0.2) is 4.79 Å². The maximum atomic E-state index is 12.9. The standard InChI is InChI=1S/C32H52O7/c1-19-17-21(3)29(35)31-28(38-31)16-10-8-9-15-27(39-32(37)22(4)18-19)20(2)13-11-12-14-26(34)24(6)30(36)23(5)25(7)33/h8-9,11-12,17-18,20-21,23-31,33-36H,10,13-16H2,1-7H3/b9-8+,12-11+,19-17?,22-18?/t20-,21+,23+,24+,25-,26-,27-,28-,29-,30-,31+/m0/s1. The van der Waals surface area contributed by atoms with Crippen LogP contribution in [-0.4, -0.2) is 69.1 Å². The average molecular weight is 549 g/mol. The zero-order chi connectivity index (χ0) is 29.3. The zero-order valence-electron chi connectivity index (χ0n) is 24.9. The second kappa shape index (κ2) is 15.9. The number of ether oxygens (including phenoxy) is 2. The molecule has 0 aliphatic carbocycles. The van der Waals surface area contributed by atoms with E-state index < -0.39 is 24.4 Å². The molecule has 0 unspecified atom stereocenters. The van der Waals surface area contributed by atoms with Crippen LogP contribution >= 0.6 is 0 Å². The van der Waals surface area contributed by atoms with Gasteiger partial charge in [-0.2, -0.15) is 0 Å². The lowest BCUT2D eigenvalue weighted by molar-refractivity contribution is -0.146. The number of aliphatic hydroxyl groups is 4. The number of allylic oxidation sites excluding steroid dienone is 4. The van der Waals surface area contributed by atoms with Gasteiger partial charge >= 0.3 is 5.97 Å². The number of aliphatic hydroxyl groups excluding tert-OH is 4. The minimum Gasteiger partial charge on any atom is -0.458 e. The lowest BCUT2D eigenvalue weighted by Gasteiger charge is -2.29. The van der Waals surface area contributed by atoms with Crippen LogP contribution in [0.3, 0.4) is 0 Å². The Bertz CT molecular complexity index is 889. The molecule has 0 aromatic heterocycles. The highest BCUT2D eigenvalue weighted by Crippen LogP contribution is 2.33. The number of hydrogen-bond donors (Lipinski definition) is 4. The molecular formula is C32H52O7. The Morgan fingerprint density at radius 3 is 2.36 bits per heavy atom. The first-order valence-corrected chi connectivity index (χ1v) is 14.6. The van der Waals surface area contributed by atoms with Crippen LogP contribution in [0.25, 0.3) is 0 Å². The first-order chi connectivity index (χ1) is 18.3. The summed E-state index contributed by atoms with van der Waals surface area (Å²) in [6.07, 6.45) is 12.1. The van der Waals surface area contributed by atoms with Crippen LogP contribution in [0.15, 0.2) is 47.6 Å². The number of hydrogen-bond acceptors (Lipinski definition) is 7. The van der Waals surface area contributed by atoms with Gasteiger partial charge in [0.05, 0.1) is 30.5 Å². The summed E-state index contributed by atoms with van der Waals surface area (Å²) in [7, 11) is 0. The van der Waals surface area contributed by atoms with Gasteiger partial charge in [-0.05, 0) is 58.4 Å². The van der Waals surface area contributed by atoms with Gasteiger partial charge in [0.1, 0.15) is 12.2 Å². The molecule has 0 spiro atoms. The molecule has 2 heterocycles. The molecule has 2 rings (SSSR count). The lowest BCUT2D eigenvalue weighted by Crippen LogP contribution is -2.38. The molecule has 0 bridgehead atoms. The van der Waals surface area contributed by atoms with Crippen molar-refractivity contribution in [3.63, 3.8) is 0 Å². The summed E-state index contributed by atoms with van der Waals surface area (Å²) in [4.78, 5) is 12.9. The Morgan fingerprint density at radius 1 is 1.03 bits per heavy atom. The van der Waals surface area contributed by atoms with Gasteiger partial charge in [0.15, 0.2) is 0 Å². The molecule has 0 aromatic rings. The van der Waals surface area contributed by atoms with E-state index in [4.69, 9.17) is 9.47 Å². The van der Waals surface area contributed by atoms with E-state index in [1.54, 1.807) is 33.8 Å². The maximum Gasteiger partial charge on any atom is 0.334 e. The number of epoxide rings is 1. The largest absolute Gasteiger partial charge is 0.458 e. The summed E-state index contributed by atoms with van der Waals surface area (Å²) in [5.74, 6) is -1.08.